The molecule has 0 radical (unpaired) electrons. The van der Waals surface area contributed by atoms with E-state index >= 15 is 0 Å². The zero-order valence-corrected chi connectivity index (χ0v) is 19.2. The van der Waals surface area contributed by atoms with Crippen LogP contribution in [0.4, 0.5) is 13.2 Å². The molecule has 2 aromatic heterocycles. The van der Waals surface area contributed by atoms with Gasteiger partial charge in [0, 0.05) is 35.7 Å². The monoisotopic (exact) mass is 462 g/mol. The highest BCUT2D eigenvalue weighted by molar-refractivity contribution is 5.99. The van der Waals surface area contributed by atoms with Gasteiger partial charge in [0.05, 0.1) is 16.8 Å². The Labute approximate surface area is 196 Å². The van der Waals surface area contributed by atoms with Crippen molar-refractivity contribution in [2.24, 2.45) is 0 Å². The Balaban J connectivity index is 1.77. The average molecular weight is 463 g/mol. The molecule has 0 fully saturated rings. The number of halogens is 3. The number of rotatable bonds is 5. The molecule has 0 unspecified atom stereocenters. The minimum absolute atomic E-state index is 0.0732. The molecular formula is C28H25F3N2O. The summed E-state index contributed by atoms with van der Waals surface area (Å²) in [5, 5.41) is 0.929. The van der Waals surface area contributed by atoms with E-state index in [1.54, 1.807) is 24.5 Å². The summed E-state index contributed by atoms with van der Waals surface area (Å²) in [5.74, 6) is -0.618. The van der Waals surface area contributed by atoms with Crippen LogP contribution < -0.4 is 0 Å². The number of hydrogen-bond donors (Lipinski definition) is 0. The maximum absolute atomic E-state index is 13.4. The number of nitrogens with zero attached hydrogens (tertiary/aromatic N) is 2. The minimum atomic E-state index is -4.43. The molecule has 174 valence electrons. The molecule has 34 heavy (non-hydrogen) atoms. The molecule has 4 aromatic rings. The fourth-order valence-corrected chi connectivity index (χ4v) is 4.15. The van der Waals surface area contributed by atoms with E-state index < -0.39 is 17.7 Å². The van der Waals surface area contributed by atoms with Crippen molar-refractivity contribution in [3.05, 3.63) is 107 Å². The molecule has 0 aliphatic rings. The van der Waals surface area contributed by atoms with E-state index in [1.807, 2.05) is 51.1 Å². The lowest BCUT2D eigenvalue weighted by atomic mass is 9.79. The predicted octanol–water partition coefficient (Wildman–Crippen LogP) is 7.35. The van der Waals surface area contributed by atoms with Gasteiger partial charge in [0.15, 0.2) is 5.78 Å². The molecule has 0 saturated heterocycles. The van der Waals surface area contributed by atoms with Crippen LogP contribution in [0.25, 0.3) is 10.9 Å². The van der Waals surface area contributed by atoms with Crippen LogP contribution in [0.1, 0.15) is 65.9 Å². The highest BCUT2D eigenvalue weighted by Crippen LogP contribution is 2.37. The first-order valence-electron chi connectivity index (χ1n) is 11.0. The lowest BCUT2D eigenvalue weighted by Gasteiger charge is -2.27. The van der Waals surface area contributed by atoms with Crippen molar-refractivity contribution < 1.29 is 18.0 Å². The maximum atomic E-state index is 13.4. The molecule has 0 saturated carbocycles. The number of pyridine rings is 2. The normalized spacial score (nSPS) is 13.1. The van der Waals surface area contributed by atoms with Crippen molar-refractivity contribution in [1.82, 2.24) is 9.97 Å². The molecule has 2 aromatic carbocycles. The van der Waals surface area contributed by atoms with Crippen molar-refractivity contribution in [2.45, 2.75) is 44.7 Å². The number of ketones is 1. The number of Topliss-reactive ketones (excluding diaryl/α,β-unsaturated/α-hetero) is 1. The summed E-state index contributed by atoms with van der Waals surface area (Å²) in [7, 11) is 0. The topological polar surface area (TPSA) is 42.9 Å². The summed E-state index contributed by atoms with van der Waals surface area (Å²) in [6.07, 6.45) is -1.02. The summed E-state index contributed by atoms with van der Waals surface area (Å²) < 4.78 is 39.5. The molecule has 1 atom stereocenters. The van der Waals surface area contributed by atoms with Gasteiger partial charge in [0.2, 0.25) is 0 Å². The second kappa shape index (κ2) is 9.01. The van der Waals surface area contributed by atoms with Crippen LogP contribution in [0.15, 0.2) is 79.1 Å². The molecule has 6 heteroatoms. The van der Waals surface area contributed by atoms with E-state index in [-0.39, 0.29) is 17.6 Å². The molecular weight excluding hydrogens is 437 g/mol. The molecule has 0 aliphatic carbocycles. The number of carbonyl (C=O) groups excluding carboxylic acids is 1. The number of aromatic nitrogens is 2. The average Bonchev–Trinajstić information content (AvgIpc) is 2.81. The van der Waals surface area contributed by atoms with Crippen molar-refractivity contribution in [2.75, 3.05) is 0 Å². The second-order valence-electron chi connectivity index (χ2n) is 9.40. The smallest absolute Gasteiger partial charge is 0.294 e. The van der Waals surface area contributed by atoms with Crippen LogP contribution in [0.2, 0.25) is 0 Å². The highest BCUT2D eigenvalue weighted by atomic mass is 19.4. The van der Waals surface area contributed by atoms with Crippen molar-refractivity contribution in [3.8, 4) is 0 Å². The van der Waals surface area contributed by atoms with Gasteiger partial charge < -0.3 is 0 Å². The lowest BCUT2D eigenvalue weighted by molar-refractivity contribution is -0.137. The zero-order chi connectivity index (χ0) is 24.5. The first-order valence-corrected chi connectivity index (χ1v) is 11.0. The number of hydrogen-bond acceptors (Lipinski definition) is 3. The number of carbonyl (C=O) groups is 1. The SMILES string of the molecule is CC(C)(C)c1cccnc1[C@@H](CC(=O)c1ccc2cccnc2c1)c1ccc(C(F)(F)F)cc1. The van der Waals surface area contributed by atoms with Crippen LogP contribution in [0, 0.1) is 0 Å². The fourth-order valence-electron chi connectivity index (χ4n) is 4.15. The Hall–Kier alpha value is -3.54. The Morgan fingerprint density at radius 2 is 1.56 bits per heavy atom. The van der Waals surface area contributed by atoms with Gasteiger partial charge in [-0.15, -0.1) is 0 Å². The molecule has 0 amide bonds. The van der Waals surface area contributed by atoms with E-state index in [4.69, 9.17) is 0 Å². The third-order valence-corrected chi connectivity index (χ3v) is 5.93. The first kappa shape index (κ1) is 23.6. The van der Waals surface area contributed by atoms with E-state index in [9.17, 15) is 18.0 Å². The van der Waals surface area contributed by atoms with Crippen molar-refractivity contribution in [3.63, 3.8) is 0 Å². The summed E-state index contributed by atoms with van der Waals surface area (Å²) in [6, 6.07) is 17.9. The summed E-state index contributed by atoms with van der Waals surface area (Å²) in [5.41, 5.74) is 2.51. The summed E-state index contributed by atoms with van der Waals surface area (Å²) >= 11 is 0. The van der Waals surface area contributed by atoms with E-state index in [2.05, 4.69) is 9.97 Å². The predicted molar refractivity (Wildman–Crippen MR) is 127 cm³/mol. The number of alkyl halides is 3. The Kier molecular flexibility index (Phi) is 6.26. The van der Waals surface area contributed by atoms with Crippen LogP contribution in [0.5, 0.6) is 0 Å². The van der Waals surface area contributed by atoms with Crippen LogP contribution in [0.3, 0.4) is 0 Å². The zero-order valence-electron chi connectivity index (χ0n) is 19.2. The Morgan fingerprint density at radius 3 is 2.24 bits per heavy atom. The van der Waals surface area contributed by atoms with E-state index in [0.29, 0.717) is 22.3 Å². The van der Waals surface area contributed by atoms with Gasteiger partial charge in [-0.25, -0.2) is 0 Å². The molecule has 2 heterocycles. The van der Waals surface area contributed by atoms with E-state index in [0.717, 1.165) is 23.1 Å². The van der Waals surface area contributed by atoms with Gasteiger partial charge in [-0.2, -0.15) is 13.2 Å². The van der Waals surface area contributed by atoms with Crippen LogP contribution in [-0.4, -0.2) is 15.8 Å². The van der Waals surface area contributed by atoms with Gasteiger partial charge in [-0.3, -0.25) is 14.8 Å². The minimum Gasteiger partial charge on any atom is -0.294 e. The molecule has 0 aliphatic heterocycles. The molecule has 0 spiro atoms. The third kappa shape index (κ3) is 5.01. The number of fused-ring (bicyclic) bond motifs is 1. The van der Waals surface area contributed by atoms with Gasteiger partial charge in [0.25, 0.3) is 0 Å². The van der Waals surface area contributed by atoms with Gasteiger partial charge in [0.1, 0.15) is 0 Å². The number of benzene rings is 2. The molecule has 3 nitrogen and oxygen atoms in total. The first-order chi connectivity index (χ1) is 16.0. The highest BCUT2D eigenvalue weighted by Gasteiger charge is 2.32. The fraction of sp³-hybridized carbons (Fsp3) is 0.250. The Morgan fingerprint density at radius 1 is 0.882 bits per heavy atom. The van der Waals surface area contributed by atoms with Crippen LogP contribution in [-0.2, 0) is 11.6 Å². The van der Waals surface area contributed by atoms with Crippen molar-refractivity contribution in [1.29, 1.82) is 0 Å². The van der Waals surface area contributed by atoms with E-state index in [1.165, 1.54) is 12.1 Å². The molecule has 4 rings (SSSR count). The standard InChI is InChI=1S/C28H25F3N2O/c1-27(2,3)23-7-5-15-33-26(23)22(18-10-12-21(13-11-18)28(29,30)31)17-25(34)20-9-8-19-6-4-14-32-24(19)16-20/h4-16,22H,17H2,1-3H3/t22-/m0/s1. The van der Waals surface area contributed by atoms with Gasteiger partial charge in [-0.1, -0.05) is 57.2 Å². The molecule has 0 bridgehead atoms. The Bertz CT molecular complexity index is 1320. The molecule has 0 N–H and O–H groups in total. The third-order valence-electron chi connectivity index (χ3n) is 5.93. The largest absolute Gasteiger partial charge is 0.416 e. The van der Waals surface area contributed by atoms with Gasteiger partial charge in [-0.05, 0) is 46.9 Å². The van der Waals surface area contributed by atoms with Crippen molar-refractivity contribution >= 4 is 16.7 Å². The summed E-state index contributed by atoms with van der Waals surface area (Å²) in [6.45, 7) is 6.15. The quantitative estimate of drug-likeness (QED) is 0.291. The van der Waals surface area contributed by atoms with Crippen LogP contribution >= 0.6 is 0 Å². The summed E-state index contributed by atoms with van der Waals surface area (Å²) in [4.78, 5) is 22.3. The second-order valence-corrected chi connectivity index (χ2v) is 9.40. The lowest BCUT2D eigenvalue weighted by Crippen LogP contribution is -2.20. The van der Waals surface area contributed by atoms with Gasteiger partial charge >= 0.3 is 6.18 Å². The maximum Gasteiger partial charge on any atom is 0.416 e.